The molecule has 0 aliphatic carbocycles. The first-order chi connectivity index (χ1) is 15.9. The van der Waals surface area contributed by atoms with Gasteiger partial charge in [0.05, 0.1) is 11.4 Å². The molecule has 4 aromatic rings. The number of fused-ring (bicyclic) bond motifs is 1. The highest BCUT2D eigenvalue weighted by Crippen LogP contribution is 2.30. The van der Waals surface area contributed by atoms with Gasteiger partial charge in [0.2, 0.25) is 5.91 Å². The van der Waals surface area contributed by atoms with Crippen LogP contribution in [0.1, 0.15) is 43.5 Å². The molecule has 1 unspecified atom stereocenters. The first kappa shape index (κ1) is 23.1. The van der Waals surface area contributed by atoms with E-state index in [1.807, 2.05) is 25.1 Å². The Kier molecular flexibility index (Phi) is 6.85. The minimum Gasteiger partial charge on any atom is -0.354 e. The number of carbonyl (C=O) groups excluding carboxylic acids is 1. The van der Waals surface area contributed by atoms with Crippen LogP contribution < -0.4 is 5.32 Å². The molecule has 4 nitrogen and oxygen atoms in total. The lowest BCUT2D eigenvalue weighted by atomic mass is 10.0. The van der Waals surface area contributed by atoms with Crippen LogP contribution >= 0.6 is 11.6 Å². The second-order valence-electron chi connectivity index (χ2n) is 8.76. The molecule has 0 aliphatic heterocycles. The number of imidazole rings is 1. The number of benzene rings is 2. The topological polar surface area (TPSA) is 46.4 Å². The lowest BCUT2D eigenvalue weighted by Gasteiger charge is -2.12. The standard InChI is InChI=1S/C28H30ClN3O/c1-5-20(4)30-27(33)15-13-25-28(21-8-6-18(2)7-9-21)31-26-14-10-22(17-32(25)26)24-12-11-23(29)16-19(24)3/h6-12,14,16-17,20H,5,13,15H2,1-4H3,(H,30,33). The number of hydrogen-bond donors (Lipinski definition) is 1. The van der Waals surface area contributed by atoms with Crippen molar-refractivity contribution in [1.82, 2.24) is 14.7 Å². The molecule has 1 amide bonds. The van der Waals surface area contributed by atoms with Crippen molar-refractivity contribution in [3.8, 4) is 22.4 Å². The van der Waals surface area contributed by atoms with Crippen LogP contribution in [0.25, 0.3) is 28.0 Å². The van der Waals surface area contributed by atoms with Crippen LogP contribution in [0.4, 0.5) is 0 Å². The molecule has 0 bridgehead atoms. The Morgan fingerprint density at radius 2 is 1.79 bits per heavy atom. The Morgan fingerprint density at radius 1 is 1.06 bits per heavy atom. The first-order valence-corrected chi connectivity index (χ1v) is 11.9. The van der Waals surface area contributed by atoms with Crippen LogP contribution in [0.5, 0.6) is 0 Å². The second kappa shape index (κ2) is 9.80. The minimum absolute atomic E-state index is 0.0684. The highest BCUT2D eigenvalue weighted by Gasteiger charge is 2.17. The van der Waals surface area contributed by atoms with Crippen LogP contribution in [0.2, 0.25) is 5.02 Å². The van der Waals surface area contributed by atoms with E-state index in [1.165, 1.54) is 5.56 Å². The number of halogens is 1. The quantitative estimate of drug-likeness (QED) is 0.331. The van der Waals surface area contributed by atoms with Crippen molar-refractivity contribution in [2.45, 2.75) is 53.0 Å². The summed E-state index contributed by atoms with van der Waals surface area (Å²) in [5.41, 5.74) is 8.46. The normalized spacial score (nSPS) is 12.2. The largest absolute Gasteiger partial charge is 0.354 e. The molecule has 0 spiro atoms. The van der Waals surface area contributed by atoms with Crippen LogP contribution in [0.15, 0.2) is 60.8 Å². The van der Waals surface area contributed by atoms with Crippen molar-refractivity contribution in [2.75, 3.05) is 0 Å². The van der Waals surface area contributed by atoms with Gasteiger partial charge in [0.15, 0.2) is 0 Å². The van der Waals surface area contributed by atoms with E-state index in [9.17, 15) is 4.79 Å². The third-order valence-electron chi connectivity index (χ3n) is 6.15. The van der Waals surface area contributed by atoms with Crippen LogP contribution in [0, 0.1) is 13.8 Å². The van der Waals surface area contributed by atoms with E-state index in [-0.39, 0.29) is 11.9 Å². The van der Waals surface area contributed by atoms with Crippen molar-refractivity contribution in [3.05, 3.63) is 82.6 Å². The first-order valence-electron chi connectivity index (χ1n) is 11.5. The molecule has 1 N–H and O–H groups in total. The average molecular weight is 460 g/mol. The summed E-state index contributed by atoms with van der Waals surface area (Å²) in [5, 5.41) is 3.81. The number of hydrogen-bond acceptors (Lipinski definition) is 2. The van der Waals surface area contributed by atoms with E-state index in [2.05, 4.69) is 73.1 Å². The van der Waals surface area contributed by atoms with Gasteiger partial charge in [-0.15, -0.1) is 0 Å². The van der Waals surface area contributed by atoms with Crippen LogP contribution in [-0.2, 0) is 11.2 Å². The molecule has 33 heavy (non-hydrogen) atoms. The Morgan fingerprint density at radius 3 is 2.48 bits per heavy atom. The predicted molar refractivity (Wildman–Crippen MR) is 137 cm³/mol. The highest BCUT2D eigenvalue weighted by molar-refractivity contribution is 6.30. The van der Waals surface area contributed by atoms with Crippen molar-refractivity contribution >= 4 is 23.2 Å². The molecule has 0 saturated carbocycles. The Bertz CT molecular complexity index is 1290. The number of carbonyl (C=O) groups is 1. The number of pyridine rings is 1. The van der Waals surface area contributed by atoms with Crippen LogP contribution in [-0.4, -0.2) is 21.3 Å². The summed E-state index contributed by atoms with van der Waals surface area (Å²) in [6, 6.07) is 18.7. The van der Waals surface area contributed by atoms with Gasteiger partial charge >= 0.3 is 0 Å². The number of amides is 1. The Labute approximate surface area is 200 Å². The fourth-order valence-electron chi connectivity index (χ4n) is 4.07. The van der Waals surface area contributed by atoms with Crippen molar-refractivity contribution in [3.63, 3.8) is 0 Å². The van der Waals surface area contributed by atoms with Gasteiger partial charge in [-0.3, -0.25) is 4.79 Å². The molecular weight excluding hydrogens is 430 g/mol. The molecule has 0 saturated heterocycles. The minimum atomic E-state index is 0.0684. The van der Waals surface area contributed by atoms with Gasteiger partial charge in [0, 0.05) is 29.2 Å². The molecule has 0 radical (unpaired) electrons. The Balaban J connectivity index is 1.78. The molecule has 2 aromatic carbocycles. The van der Waals surface area contributed by atoms with E-state index in [4.69, 9.17) is 16.6 Å². The summed E-state index contributed by atoms with van der Waals surface area (Å²) in [6.45, 7) is 8.25. The van der Waals surface area contributed by atoms with E-state index < -0.39 is 0 Å². The Hall–Kier alpha value is -3.11. The summed E-state index contributed by atoms with van der Waals surface area (Å²) < 4.78 is 2.13. The lowest BCUT2D eigenvalue weighted by molar-refractivity contribution is -0.121. The summed E-state index contributed by atoms with van der Waals surface area (Å²) in [5.74, 6) is 0.0684. The van der Waals surface area contributed by atoms with Gasteiger partial charge < -0.3 is 9.72 Å². The second-order valence-corrected chi connectivity index (χ2v) is 9.19. The van der Waals surface area contributed by atoms with Crippen molar-refractivity contribution in [2.24, 2.45) is 0 Å². The van der Waals surface area contributed by atoms with Crippen molar-refractivity contribution in [1.29, 1.82) is 0 Å². The number of aryl methyl sites for hydroxylation is 3. The van der Waals surface area contributed by atoms with Crippen molar-refractivity contribution < 1.29 is 4.79 Å². The summed E-state index contributed by atoms with van der Waals surface area (Å²) in [7, 11) is 0. The zero-order valence-corrected chi connectivity index (χ0v) is 20.4. The van der Waals surface area contributed by atoms with Gasteiger partial charge in [0.1, 0.15) is 5.65 Å². The van der Waals surface area contributed by atoms with E-state index in [0.717, 1.165) is 50.7 Å². The van der Waals surface area contributed by atoms with Gasteiger partial charge in [-0.25, -0.2) is 4.98 Å². The third kappa shape index (κ3) is 5.12. The molecule has 5 heteroatoms. The lowest BCUT2D eigenvalue weighted by Crippen LogP contribution is -2.32. The van der Waals surface area contributed by atoms with Gasteiger partial charge in [-0.05, 0) is 74.6 Å². The smallest absolute Gasteiger partial charge is 0.220 e. The van der Waals surface area contributed by atoms with Gasteiger partial charge in [-0.1, -0.05) is 54.4 Å². The molecule has 0 fully saturated rings. The molecule has 2 heterocycles. The SMILES string of the molecule is CCC(C)NC(=O)CCc1c(-c2ccc(C)cc2)nc2ccc(-c3ccc(Cl)cc3C)cn12. The molecule has 4 rings (SSSR count). The molecule has 2 aromatic heterocycles. The maximum Gasteiger partial charge on any atom is 0.220 e. The fraction of sp³-hybridized carbons (Fsp3) is 0.286. The van der Waals surface area contributed by atoms with Gasteiger partial charge in [0.25, 0.3) is 0 Å². The number of nitrogens with zero attached hydrogens (tertiary/aromatic N) is 2. The fourth-order valence-corrected chi connectivity index (χ4v) is 4.29. The predicted octanol–water partition coefficient (Wildman–Crippen LogP) is 6.79. The highest BCUT2D eigenvalue weighted by atomic mass is 35.5. The molecule has 0 aliphatic rings. The average Bonchev–Trinajstić information content (AvgIpc) is 3.15. The summed E-state index contributed by atoms with van der Waals surface area (Å²) >= 11 is 6.17. The number of aromatic nitrogens is 2. The van der Waals surface area contributed by atoms with E-state index >= 15 is 0 Å². The zero-order chi connectivity index (χ0) is 23.5. The molecule has 1 atom stereocenters. The zero-order valence-electron chi connectivity index (χ0n) is 19.7. The maximum atomic E-state index is 12.5. The molecule has 170 valence electrons. The monoisotopic (exact) mass is 459 g/mol. The summed E-state index contributed by atoms with van der Waals surface area (Å²) in [4.78, 5) is 17.5. The number of rotatable bonds is 7. The summed E-state index contributed by atoms with van der Waals surface area (Å²) in [6.07, 6.45) is 4.06. The van der Waals surface area contributed by atoms with Gasteiger partial charge in [-0.2, -0.15) is 0 Å². The maximum absolute atomic E-state index is 12.5. The van der Waals surface area contributed by atoms with E-state index in [1.54, 1.807) is 0 Å². The number of nitrogens with one attached hydrogen (secondary N) is 1. The molecular formula is C28H30ClN3O. The third-order valence-corrected chi connectivity index (χ3v) is 6.39. The van der Waals surface area contributed by atoms with Crippen LogP contribution in [0.3, 0.4) is 0 Å². The van der Waals surface area contributed by atoms with E-state index in [0.29, 0.717) is 12.8 Å².